The lowest BCUT2D eigenvalue weighted by Crippen LogP contribution is -2.21. The largest absolute Gasteiger partial charge is 0.397 e. The van der Waals surface area contributed by atoms with Gasteiger partial charge in [-0.15, -0.1) is 0 Å². The number of halogens is 4. The van der Waals surface area contributed by atoms with Crippen LogP contribution in [0.15, 0.2) is 18.2 Å². The number of nitrogens with two attached hydrogens (primary N) is 1. The van der Waals surface area contributed by atoms with E-state index in [4.69, 9.17) is 5.73 Å². The van der Waals surface area contributed by atoms with E-state index in [1.165, 1.54) is 0 Å². The van der Waals surface area contributed by atoms with Crippen LogP contribution in [0.25, 0.3) is 0 Å². The van der Waals surface area contributed by atoms with Gasteiger partial charge in [-0.05, 0) is 18.2 Å². The molecule has 0 radical (unpaired) electrons. The smallest absolute Gasteiger partial charge is 0.397 e. The van der Waals surface area contributed by atoms with E-state index in [1.807, 2.05) is 5.32 Å². The number of alkyl halides is 3. The van der Waals surface area contributed by atoms with Crippen molar-refractivity contribution in [1.29, 1.82) is 0 Å². The van der Waals surface area contributed by atoms with Gasteiger partial charge in [0.15, 0.2) is 0 Å². The minimum atomic E-state index is -4.60. The lowest BCUT2D eigenvalue weighted by molar-refractivity contribution is -0.150. The average molecular weight is 236 g/mol. The van der Waals surface area contributed by atoms with Crippen molar-refractivity contribution in [2.24, 2.45) is 0 Å². The van der Waals surface area contributed by atoms with Crippen LogP contribution in [0.3, 0.4) is 0 Å². The van der Waals surface area contributed by atoms with Crippen molar-refractivity contribution < 1.29 is 22.4 Å². The Hall–Kier alpha value is -1.79. The maximum atomic E-state index is 12.7. The number of nitrogen functional groups attached to an aromatic ring is 1. The van der Waals surface area contributed by atoms with Gasteiger partial charge < -0.3 is 11.1 Å². The molecule has 0 saturated heterocycles. The molecule has 1 aromatic rings. The molecule has 0 atom stereocenters. The second-order valence-electron chi connectivity index (χ2n) is 3.07. The molecule has 0 bridgehead atoms. The molecule has 3 nitrogen and oxygen atoms in total. The Labute approximate surface area is 88.2 Å². The van der Waals surface area contributed by atoms with Gasteiger partial charge in [0, 0.05) is 0 Å². The van der Waals surface area contributed by atoms with E-state index in [0.29, 0.717) is 0 Å². The number of hydrogen-bond acceptors (Lipinski definition) is 2. The number of carbonyl (C=O) groups is 1. The van der Waals surface area contributed by atoms with Gasteiger partial charge in [0.05, 0.1) is 11.4 Å². The molecule has 1 amide bonds. The Bertz CT molecular complexity index is 403. The Morgan fingerprint density at radius 1 is 1.38 bits per heavy atom. The first-order chi connectivity index (χ1) is 7.28. The summed E-state index contributed by atoms with van der Waals surface area (Å²) in [6, 6.07) is 3.04. The molecule has 0 spiro atoms. The highest BCUT2D eigenvalue weighted by Crippen LogP contribution is 2.23. The van der Waals surface area contributed by atoms with Crippen LogP contribution in [-0.2, 0) is 4.79 Å². The maximum Gasteiger partial charge on any atom is 0.397 e. The third-order valence-corrected chi connectivity index (χ3v) is 1.65. The van der Waals surface area contributed by atoms with Gasteiger partial charge in [-0.1, -0.05) is 0 Å². The number of carbonyl (C=O) groups excluding carboxylic acids is 1. The molecule has 0 unspecified atom stereocenters. The molecule has 16 heavy (non-hydrogen) atoms. The Morgan fingerprint density at radius 2 is 2.00 bits per heavy atom. The standard InChI is InChI=1S/C9H8F4N2O/c10-5-1-2-6(14)7(3-5)15-8(16)4-9(11,12)13/h1-3H,4,14H2,(H,15,16). The first kappa shape index (κ1) is 12.3. The van der Waals surface area contributed by atoms with Crippen LogP contribution in [0, 0.1) is 5.82 Å². The third kappa shape index (κ3) is 3.76. The highest BCUT2D eigenvalue weighted by molar-refractivity contribution is 5.94. The summed E-state index contributed by atoms with van der Waals surface area (Å²) in [6.45, 7) is 0. The second-order valence-corrected chi connectivity index (χ2v) is 3.07. The van der Waals surface area contributed by atoms with Gasteiger partial charge in [0.1, 0.15) is 12.2 Å². The molecule has 1 aromatic carbocycles. The van der Waals surface area contributed by atoms with Crippen LogP contribution in [-0.4, -0.2) is 12.1 Å². The lowest BCUT2D eigenvalue weighted by atomic mass is 10.2. The van der Waals surface area contributed by atoms with Gasteiger partial charge in [-0.2, -0.15) is 13.2 Å². The normalized spacial score (nSPS) is 11.2. The van der Waals surface area contributed by atoms with Gasteiger partial charge in [0.25, 0.3) is 0 Å². The molecule has 1 rings (SSSR count). The summed E-state index contributed by atoms with van der Waals surface area (Å²) in [4.78, 5) is 10.9. The molecule has 7 heteroatoms. The Morgan fingerprint density at radius 3 is 2.56 bits per heavy atom. The summed E-state index contributed by atoms with van der Waals surface area (Å²) in [5.74, 6) is -1.98. The zero-order valence-corrected chi connectivity index (χ0v) is 7.94. The molecule has 0 fully saturated rings. The van der Waals surface area contributed by atoms with Crippen molar-refractivity contribution in [3.8, 4) is 0 Å². The molecule has 3 N–H and O–H groups in total. The van der Waals surface area contributed by atoms with Crippen molar-refractivity contribution in [3.05, 3.63) is 24.0 Å². The molecular weight excluding hydrogens is 228 g/mol. The van der Waals surface area contributed by atoms with E-state index < -0.39 is 24.3 Å². The zero-order chi connectivity index (χ0) is 12.3. The van der Waals surface area contributed by atoms with Gasteiger partial charge in [-0.25, -0.2) is 4.39 Å². The summed E-state index contributed by atoms with van der Waals surface area (Å²) in [6.07, 6.45) is -6.24. The van der Waals surface area contributed by atoms with Crippen molar-refractivity contribution in [2.75, 3.05) is 11.1 Å². The quantitative estimate of drug-likeness (QED) is 0.611. The van der Waals surface area contributed by atoms with Gasteiger partial charge >= 0.3 is 6.18 Å². The van der Waals surface area contributed by atoms with E-state index >= 15 is 0 Å². The molecule has 0 saturated carbocycles. The highest BCUT2D eigenvalue weighted by atomic mass is 19.4. The number of hydrogen-bond donors (Lipinski definition) is 2. The summed E-state index contributed by atoms with van der Waals surface area (Å²) < 4.78 is 48.2. The SMILES string of the molecule is Nc1ccc(F)cc1NC(=O)CC(F)(F)F. The molecule has 0 aliphatic carbocycles. The maximum absolute atomic E-state index is 12.7. The summed E-state index contributed by atoms with van der Waals surface area (Å²) in [5, 5.41) is 1.88. The Kier molecular flexibility index (Phi) is 3.36. The van der Waals surface area contributed by atoms with Crippen molar-refractivity contribution in [3.63, 3.8) is 0 Å². The van der Waals surface area contributed by atoms with E-state index in [2.05, 4.69) is 0 Å². The fourth-order valence-corrected chi connectivity index (χ4v) is 1.01. The van der Waals surface area contributed by atoms with Crippen LogP contribution in [0.5, 0.6) is 0 Å². The minimum absolute atomic E-state index is 0.00285. The predicted octanol–water partition coefficient (Wildman–Crippen LogP) is 2.30. The zero-order valence-electron chi connectivity index (χ0n) is 7.94. The van der Waals surface area contributed by atoms with E-state index in [1.54, 1.807) is 0 Å². The third-order valence-electron chi connectivity index (χ3n) is 1.65. The van der Waals surface area contributed by atoms with Crippen LogP contribution in [0.1, 0.15) is 6.42 Å². The number of nitrogens with one attached hydrogen (secondary N) is 1. The second kappa shape index (κ2) is 4.38. The molecule has 0 aromatic heterocycles. The number of anilines is 2. The Balaban J connectivity index is 2.73. The predicted molar refractivity (Wildman–Crippen MR) is 50.1 cm³/mol. The monoisotopic (exact) mass is 236 g/mol. The van der Waals surface area contributed by atoms with Crippen LogP contribution < -0.4 is 11.1 Å². The summed E-state index contributed by atoms with van der Waals surface area (Å²) in [5.41, 5.74) is 5.16. The van der Waals surface area contributed by atoms with Crippen LogP contribution in [0.2, 0.25) is 0 Å². The van der Waals surface area contributed by atoms with E-state index in [9.17, 15) is 22.4 Å². The van der Waals surface area contributed by atoms with Gasteiger partial charge in [0.2, 0.25) is 5.91 Å². The number of benzene rings is 1. The fourth-order valence-electron chi connectivity index (χ4n) is 1.01. The van der Waals surface area contributed by atoms with E-state index in [-0.39, 0.29) is 11.4 Å². The van der Waals surface area contributed by atoms with Gasteiger partial charge in [-0.3, -0.25) is 4.79 Å². The van der Waals surface area contributed by atoms with E-state index in [0.717, 1.165) is 18.2 Å². The summed E-state index contributed by atoms with van der Waals surface area (Å²) >= 11 is 0. The first-order valence-electron chi connectivity index (χ1n) is 4.19. The summed E-state index contributed by atoms with van der Waals surface area (Å²) in [7, 11) is 0. The molecule has 0 heterocycles. The molecule has 0 aliphatic heterocycles. The average Bonchev–Trinajstić information content (AvgIpc) is 2.08. The fraction of sp³-hybridized carbons (Fsp3) is 0.222. The first-order valence-corrected chi connectivity index (χ1v) is 4.19. The minimum Gasteiger partial charge on any atom is -0.397 e. The highest BCUT2D eigenvalue weighted by Gasteiger charge is 2.31. The lowest BCUT2D eigenvalue weighted by Gasteiger charge is -2.09. The van der Waals surface area contributed by atoms with Crippen molar-refractivity contribution in [1.82, 2.24) is 0 Å². The molecule has 88 valence electrons. The molecule has 0 aliphatic rings. The molecular formula is C9H8F4N2O. The topological polar surface area (TPSA) is 55.1 Å². The van der Waals surface area contributed by atoms with Crippen LogP contribution >= 0.6 is 0 Å². The number of amides is 1. The van der Waals surface area contributed by atoms with Crippen LogP contribution in [0.4, 0.5) is 28.9 Å². The number of rotatable bonds is 2. The van der Waals surface area contributed by atoms with Crippen molar-refractivity contribution >= 4 is 17.3 Å². The van der Waals surface area contributed by atoms with Crippen molar-refractivity contribution in [2.45, 2.75) is 12.6 Å².